The standard InChI is InChI=1S/C8H16N2O/c1-11-8-4-7-5-9-2-3-10(7)6-8/h7-9H,2-6H2,1H3/t7-,8-/m1/s1. The third kappa shape index (κ3) is 1.41. The van der Waals surface area contributed by atoms with E-state index in [1.165, 1.54) is 13.0 Å². The van der Waals surface area contributed by atoms with E-state index in [-0.39, 0.29) is 0 Å². The Balaban J connectivity index is 1.92. The minimum atomic E-state index is 0.486. The zero-order chi connectivity index (χ0) is 7.68. The topological polar surface area (TPSA) is 24.5 Å². The molecule has 0 aliphatic carbocycles. The summed E-state index contributed by atoms with van der Waals surface area (Å²) in [5, 5.41) is 3.40. The number of hydrogen-bond acceptors (Lipinski definition) is 3. The molecule has 3 nitrogen and oxygen atoms in total. The quantitative estimate of drug-likeness (QED) is 0.563. The maximum absolute atomic E-state index is 5.33. The summed E-state index contributed by atoms with van der Waals surface area (Å²) in [5.41, 5.74) is 0. The van der Waals surface area contributed by atoms with Crippen LogP contribution in [0.2, 0.25) is 0 Å². The molecule has 0 unspecified atom stereocenters. The van der Waals surface area contributed by atoms with Crippen molar-refractivity contribution < 1.29 is 4.74 Å². The fraction of sp³-hybridized carbons (Fsp3) is 1.00. The van der Waals surface area contributed by atoms with Gasteiger partial charge in [0.2, 0.25) is 0 Å². The van der Waals surface area contributed by atoms with Crippen LogP contribution in [0.5, 0.6) is 0 Å². The summed E-state index contributed by atoms with van der Waals surface area (Å²) in [6, 6.07) is 0.744. The highest BCUT2D eigenvalue weighted by Gasteiger charge is 2.33. The van der Waals surface area contributed by atoms with Crippen LogP contribution in [-0.4, -0.2) is 50.3 Å². The van der Waals surface area contributed by atoms with Crippen molar-refractivity contribution in [1.29, 1.82) is 0 Å². The van der Waals surface area contributed by atoms with E-state index < -0.39 is 0 Å². The molecule has 2 rings (SSSR count). The first-order chi connectivity index (χ1) is 5.40. The molecule has 64 valence electrons. The summed E-state index contributed by atoms with van der Waals surface area (Å²) in [7, 11) is 1.82. The van der Waals surface area contributed by atoms with E-state index in [0.29, 0.717) is 6.10 Å². The molecule has 2 fully saturated rings. The molecule has 0 saturated carbocycles. The molecule has 2 saturated heterocycles. The molecule has 11 heavy (non-hydrogen) atoms. The minimum absolute atomic E-state index is 0.486. The summed E-state index contributed by atoms with van der Waals surface area (Å²) in [6.07, 6.45) is 1.70. The van der Waals surface area contributed by atoms with Gasteiger partial charge in [0.05, 0.1) is 6.10 Å². The van der Waals surface area contributed by atoms with E-state index in [4.69, 9.17) is 4.74 Å². The van der Waals surface area contributed by atoms with Gasteiger partial charge in [-0.05, 0) is 6.42 Å². The van der Waals surface area contributed by atoms with E-state index in [0.717, 1.165) is 25.7 Å². The van der Waals surface area contributed by atoms with Gasteiger partial charge in [-0.2, -0.15) is 0 Å². The molecule has 0 spiro atoms. The first-order valence-electron chi connectivity index (χ1n) is 4.37. The zero-order valence-electron chi connectivity index (χ0n) is 7.05. The molecule has 0 bridgehead atoms. The van der Waals surface area contributed by atoms with Crippen LogP contribution in [0.25, 0.3) is 0 Å². The summed E-state index contributed by atoms with van der Waals surface area (Å²) in [5.74, 6) is 0. The first kappa shape index (κ1) is 7.53. The highest BCUT2D eigenvalue weighted by Crippen LogP contribution is 2.20. The van der Waals surface area contributed by atoms with Gasteiger partial charge in [0, 0.05) is 39.3 Å². The van der Waals surface area contributed by atoms with Crippen LogP contribution in [0, 0.1) is 0 Å². The lowest BCUT2D eigenvalue weighted by molar-refractivity contribution is 0.108. The molecule has 0 aromatic heterocycles. The normalized spacial score (nSPS) is 39.0. The Hall–Kier alpha value is -0.120. The van der Waals surface area contributed by atoms with Gasteiger partial charge in [-0.1, -0.05) is 0 Å². The highest BCUT2D eigenvalue weighted by atomic mass is 16.5. The van der Waals surface area contributed by atoms with Crippen molar-refractivity contribution in [3.63, 3.8) is 0 Å². The zero-order valence-corrected chi connectivity index (χ0v) is 7.05. The maximum atomic E-state index is 5.33. The highest BCUT2D eigenvalue weighted by molar-refractivity contribution is 4.90. The molecule has 0 amide bonds. The fourth-order valence-corrected chi connectivity index (χ4v) is 2.09. The Morgan fingerprint density at radius 1 is 1.55 bits per heavy atom. The van der Waals surface area contributed by atoms with Crippen molar-refractivity contribution >= 4 is 0 Å². The van der Waals surface area contributed by atoms with Crippen LogP contribution in [0.3, 0.4) is 0 Å². The number of fused-ring (bicyclic) bond motifs is 1. The molecular weight excluding hydrogens is 140 g/mol. The Labute approximate surface area is 67.7 Å². The summed E-state index contributed by atoms with van der Waals surface area (Å²) in [6.45, 7) is 4.64. The maximum Gasteiger partial charge on any atom is 0.0713 e. The lowest BCUT2D eigenvalue weighted by atomic mass is 10.2. The number of rotatable bonds is 1. The summed E-state index contributed by atoms with van der Waals surface area (Å²) < 4.78 is 5.33. The first-order valence-corrected chi connectivity index (χ1v) is 4.37. The number of piperazine rings is 1. The van der Waals surface area contributed by atoms with Gasteiger partial charge in [0.25, 0.3) is 0 Å². The van der Waals surface area contributed by atoms with Crippen molar-refractivity contribution in [2.75, 3.05) is 33.3 Å². The van der Waals surface area contributed by atoms with Crippen molar-refractivity contribution in [3.8, 4) is 0 Å². The molecule has 0 aromatic carbocycles. The predicted octanol–water partition coefficient (Wildman–Crippen LogP) is -0.321. The van der Waals surface area contributed by atoms with Gasteiger partial charge in [-0.25, -0.2) is 0 Å². The molecule has 0 radical (unpaired) electrons. The number of hydrogen-bond donors (Lipinski definition) is 1. The van der Waals surface area contributed by atoms with Crippen molar-refractivity contribution in [1.82, 2.24) is 10.2 Å². The Kier molecular flexibility index (Phi) is 2.11. The van der Waals surface area contributed by atoms with Crippen LogP contribution < -0.4 is 5.32 Å². The van der Waals surface area contributed by atoms with Crippen LogP contribution >= 0.6 is 0 Å². The molecular formula is C8H16N2O. The molecule has 0 aromatic rings. The molecule has 2 aliphatic heterocycles. The van der Waals surface area contributed by atoms with Crippen molar-refractivity contribution in [2.24, 2.45) is 0 Å². The van der Waals surface area contributed by atoms with Gasteiger partial charge in [-0.15, -0.1) is 0 Å². The summed E-state index contributed by atoms with van der Waals surface area (Å²) in [4.78, 5) is 2.53. The largest absolute Gasteiger partial charge is 0.380 e. The van der Waals surface area contributed by atoms with Crippen LogP contribution in [-0.2, 0) is 4.74 Å². The SMILES string of the molecule is CO[C@@H]1C[C@@H]2CNCCN2C1. The second kappa shape index (κ2) is 3.09. The number of methoxy groups -OCH3 is 1. The molecule has 2 heterocycles. The van der Waals surface area contributed by atoms with Gasteiger partial charge in [0.15, 0.2) is 0 Å². The molecule has 3 heteroatoms. The Morgan fingerprint density at radius 3 is 3.18 bits per heavy atom. The molecule has 2 atom stereocenters. The number of nitrogens with one attached hydrogen (secondary N) is 1. The van der Waals surface area contributed by atoms with Gasteiger partial charge >= 0.3 is 0 Å². The Bertz CT molecular complexity index is 126. The van der Waals surface area contributed by atoms with Gasteiger partial charge in [-0.3, -0.25) is 4.90 Å². The average Bonchev–Trinajstić information content (AvgIpc) is 2.46. The monoisotopic (exact) mass is 156 g/mol. The second-order valence-electron chi connectivity index (χ2n) is 3.45. The number of ether oxygens (including phenoxy) is 1. The lowest BCUT2D eigenvalue weighted by Crippen LogP contribution is -2.47. The lowest BCUT2D eigenvalue weighted by Gasteiger charge is -2.29. The average molecular weight is 156 g/mol. The third-order valence-electron chi connectivity index (χ3n) is 2.78. The summed E-state index contributed by atoms with van der Waals surface area (Å²) >= 11 is 0. The van der Waals surface area contributed by atoms with E-state index in [1.807, 2.05) is 7.11 Å². The van der Waals surface area contributed by atoms with Crippen LogP contribution in [0.4, 0.5) is 0 Å². The number of nitrogens with zero attached hydrogens (tertiary/aromatic N) is 1. The van der Waals surface area contributed by atoms with Crippen molar-refractivity contribution in [2.45, 2.75) is 18.6 Å². The van der Waals surface area contributed by atoms with Crippen LogP contribution in [0.15, 0.2) is 0 Å². The minimum Gasteiger partial charge on any atom is -0.380 e. The van der Waals surface area contributed by atoms with E-state index in [9.17, 15) is 0 Å². The van der Waals surface area contributed by atoms with Gasteiger partial charge < -0.3 is 10.1 Å². The predicted molar refractivity (Wildman–Crippen MR) is 43.6 cm³/mol. The second-order valence-corrected chi connectivity index (χ2v) is 3.45. The Morgan fingerprint density at radius 2 is 2.45 bits per heavy atom. The van der Waals surface area contributed by atoms with Gasteiger partial charge in [0.1, 0.15) is 0 Å². The molecule has 2 aliphatic rings. The van der Waals surface area contributed by atoms with E-state index in [2.05, 4.69) is 10.2 Å². The van der Waals surface area contributed by atoms with Crippen molar-refractivity contribution in [3.05, 3.63) is 0 Å². The van der Waals surface area contributed by atoms with E-state index >= 15 is 0 Å². The smallest absolute Gasteiger partial charge is 0.0713 e. The van der Waals surface area contributed by atoms with Crippen LogP contribution in [0.1, 0.15) is 6.42 Å². The fourth-order valence-electron chi connectivity index (χ4n) is 2.09. The third-order valence-corrected chi connectivity index (χ3v) is 2.78. The van der Waals surface area contributed by atoms with E-state index in [1.54, 1.807) is 0 Å². The molecule has 1 N–H and O–H groups in total.